The first-order valence-corrected chi connectivity index (χ1v) is 3.54. The van der Waals surface area contributed by atoms with Crippen LogP contribution in [0.2, 0.25) is 0 Å². The van der Waals surface area contributed by atoms with Crippen LogP contribution in [0.4, 0.5) is 0 Å². The largest absolute Gasteiger partial charge is 0.371 e. The molecule has 1 rings (SSSR count). The Kier molecular flexibility index (Phi) is 2.47. The van der Waals surface area contributed by atoms with Gasteiger partial charge in [-0.15, -0.1) is 0 Å². The highest BCUT2D eigenvalue weighted by Gasteiger charge is 2.18. The van der Waals surface area contributed by atoms with Gasteiger partial charge in [0.05, 0.1) is 18.3 Å². The molecule has 1 heterocycles. The first kappa shape index (κ1) is 7.30. The lowest BCUT2D eigenvalue weighted by molar-refractivity contribution is 0.0833. The van der Waals surface area contributed by atoms with Gasteiger partial charge < -0.3 is 4.74 Å². The van der Waals surface area contributed by atoms with Crippen molar-refractivity contribution >= 4 is 0 Å². The third-order valence-electron chi connectivity index (χ3n) is 1.65. The standard InChI is InChI=1S/C8H11NO/c1-7-4-5-8(10-7)3-2-6-9/h2-3,7-8H,4-5H2,1H3/b3-2+. The summed E-state index contributed by atoms with van der Waals surface area (Å²) < 4.78 is 5.43. The average molecular weight is 137 g/mol. The average Bonchev–Trinajstić information content (AvgIpc) is 2.31. The van der Waals surface area contributed by atoms with Crippen LogP contribution in [0.3, 0.4) is 0 Å². The molecule has 2 heteroatoms. The first-order chi connectivity index (χ1) is 4.83. The van der Waals surface area contributed by atoms with Gasteiger partial charge in [0.2, 0.25) is 0 Å². The number of ether oxygens (including phenoxy) is 1. The molecular weight excluding hydrogens is 126 g/mol. The van der Waals surface area contributed by atoms with E-state index < -0.39 is 0 Å². The summed E-state index contributed by atoms with van der Waals surface area (Å²) >= 11 is 0. The monoisotopic (exact) mass is 137 g/mol. The molecule has 1 aliphatic heterocycles. The molecule has 0 saturated carbocycles. The Hall–Kier alpha value is -0.810. The van der Waals surface area contributed by atoms with E-state index in [9.17, 15) is 0 Å². The Bertz CT molecular complexity index is 169. The molecule has 54 valence electrons. The summed E-state index contributed by atoms with van der Waals surface area (Å²) in [6.07, 6.45) is 6.04. The van der Waals surface area contributed by atoms with E-state index in [4.69, 9.17) is 10.00 Å². The second-order valence-electron chi connectivity index (χ2n) is 2.55. The minimum atomic E-state index is 0.189. The number of rotatable bonds is 1. The Morgan fingerprint density at radius 2 is 2.40 bits per heavy atom. The second kappa shape index (κ2) is 3.38. The minimum Gasteiger partial charge on any atom is -0.371 e. The van der Waals surface area contributed by atoms with Crippen molar-refractivity contribution < 1.29 is 4.74 Å². The topological polar surface area (TPSA) is 33.0 Å². The van der Waals surface area contributed by atoms with Crippen molar-refractivity contribution in [3.05, 3.63) is 12.2 Å². The van der Waals surface area contributed by atoms with Crippen LogP contribution >= 0.6 is 0 Å². The zero-order valence-electron chi connectivity index (χ0n) is 6.08. The fourth-order valence-corrected chi connectivity index (χ4v) is 1.13. The van der Waals surface area contributed by atoms with Crippen LogP contribution in [0.25, 0.3) is 0 Å². The predicted molar refractivity (Wildman–Crippen MR) is 38.3 cm³/mol. The summed E-state index contributed by atoms with van der Waals surface area (Å²) in [5.74, 6) is 0. The zero-order valence-corrected chi connectivity index (χ0v) is 6.08. The van der Waals surface area contributed by atoms with Gasteiger partial charge in [-0.25, -0.2) is 0 Å². The zero-order chi connectivity index (χ0) is 7.40. The third kappa shape index (κ3) is 1.85. The van der Waals surface area contributed by atoms with E-state index in [-0.39, 0.29) is 6.10 Å². The molecule has 2 nitrogen and oxygen atoms in total. The third-order valence-corrected chi connectivity index (χ3v) is 1.65. The molecule has 10 heavy (non-hydrogen) atoms. The van der Waals surface area contributed by atoms with Crippen molar-refractivity contribution in [2.24, 2.45) is 0 Å². The SMILES string of the molecule is CC1CCC(/C=C/C#N)O1. The van der Waals surface area contributed by atoms with Gasteiger partial charge in [0.1, 0.15) is 0 Å². The van der Waals surface area contributed by atoms with Gasteiger partial charge in [0.15, 0.2) is 0 Å². The summed E-state index contributed by atoms with van der Waals surface area (Å²) in [4.78, 5) is 0. The molecule has 1 aliphatic rings. The molecule has 0 radical (unpaired) electrons. The van der Waals surface area contributed by atoms with Crippen LogP contribution in [0.15, 0.2) is 12.2 Å². The number of nitriles is 1. The highest BCUT2D eigenvalue weighted by atomic mass is 16.5. The fraction of sp³-hybridized carbons (Fsp3) is 0.625. The lowest BCUT2D eigenvalue weighted by Crippen LogP contribution is -2.03. The first-order valence-electron chi connectivity index (χ1n) is 3.54. The highest BCUT2D eigenvalue weighted by Crippen LogP contribution is 2.19. The Morgan fingerprint density at radius 3 is 2.90 bits per heavy atom. The molecule has 1 fully saturated rings. The van der Waals surface area contributed by atoms with Crippen molar-refractivity contribution in [2.45, 2.75) is 32.0 Å². The Labute approximate surface area is 61.1 Å². The van der Waals surface area contributed by atoms with E-state index in [1.165, 1.54) is 6.08 Å². The maximum atomic E-state index is 8.20. The smallest absolute Gasteiger partial charge is 0.0909 e. The molecule has 2 atom stereocenters. The molecule has 0 spiro atoms. The number of allylic oxidation sites excluding steroid dienone is 1. The van der Waals surface area contributed by atoms with Gasteiger partial charge in [-0.3, -0.25) is 0 Å². The molecule has 0 aromatic rings. The van der Waals surface area contributed by atoms with Gasteiger partial charge >= 0.3 is 0 Å². The Morgan fingerprint density at radius 1 is 1.60 bits per heavy atom. The predicted octanol–water partition coefficient (Wildman–Crippen LogP) is 1.63. The summed E-state index contributed by atoms with van der Waals surface area (Å²) in [6, 6.07) is 1.95. The van der Waals surface area contributed by atoms with E-state index in [1.807, 2.05) is 12.1 Å². The molecule has 0 N–H and O–H groups in total. The van der Waals surface area contributed by atoms with Crippen LogP contribution in [-0.4, -0.2) is 12.2 Å². The van der Waals surface area contributed by atoms with Crippen LogP contribution in [0, 0.1) is 11.3 Å². The van der Waals surface area contributed by atoms with Gasteiger partial charge in [0.25, 0.3) is 0 Å². The molecular formula is C8H11NO. The Balaban J connectivity index is 2.33. The normalized spacial score (nSPS) is 32.8. The quantitative estimate of drug-likeness (QED) is 0.514. The molecule has 0 aliphatic carbocycles. The lowest BCUT2D eigenvalue weighted by Gasteiger charge is -2.03. The molecule has 0 aromatic heterocycles. The maximum absolute atomic E-state index is 8.20. The number of hydrogen-bond acceptors (Lipinski definition) is 2. The van der Waals surface area contributed by atoms with Crippen LogP contribution in [0.5, 0.6) is 0 Å². The number of hydrogen-bond donors (Lipinski definition) is 0. The molecule has 0 amide bonds. The van der Waals surface area contributed by atoms with Crippen molar-refractivity contribution in [3.8, 4) is 6.07 Å². The summed E-state index contributed by atoms with van der Waals surface area (Å²) in [7, 11) is 0. The van der Waals surface area contributed by atoms with Crippen molar-refractivity contribution in [2.75, 3.05) is 0 Å². The summed E-state index contributed by atoms with van der Waals surface area (Å²) in [6.45, 7) is 2.06. The van der Waals surface area contributed by atoms with Crippen molar-refractivity contribution in [1.29, 1.82) is 5.26 Å². The van der Waals surface area contributed by atoms with Crippen molar-refractivity contribution in [3.63, 3.8) is 0 Å². The summed E-state index contributed by atoms with van der Waals surface area (Å²) in [5, 5.41) is 8.20. The minimum absolute atomic E-state index is 0.189. The molecule has 0 bridgehead atoms. The van der Waals surface area contributed by atoms with Crippen LogP contribution in [0.1, 0.15) is 19.8 Å². The van der Waals surface area contributed by atoms with Crippen LogP contribution < -0.4 is 0 Å². The van der Waals surface area contributed by atoms with Crippen molar-refractivity contribution in [1.82, 2.24) is 0 Å². The van der Waals surface area contributed by atoms with Gasteiger partial charge in [-0.2, -0.15) is 5.26 Å². The molecule has 2 unspecified atom stereocenters. The highest BCUT2D eigenvalue weighted by molar-refractivity contribution is 5.05. The van der Waals surface area contributed by atoms with Gasteiger partial charge in [0, 0.05) is 6.08 Å². The summed E-state index contributed by atoms with van der Waals surface area (Å²) in [5.41, 5.74) is 0. The molecule has 0 aromatic carbocycles. The van der Waals surface area contributed by atoms with Gasteiger partial charge in [-0.05, 0) is 25.8 Å². The number of nitrogens with zero attached hydrogens (tertiary/aromatic N) is 1. The van der Waals surface area contributed by atoms with Crippen LogP contribution in [-0.2, 0) is 4.74 Å². The second-order valence-corrected chi connectivity index (χ2v) is 2.55. The van der Waals surface area contributed by atoms with E-state index in [0.717, 1.165) is 12.8 Å². The fourth-order valence-electron chi connectivity index (χ4n) is 1.13. The van der Waals surface area contributed by atoms with E-state index >= 15 is 0 Å². The van der Waals surface area contributed by atoms with E-state index in [1.54, 1.807) is 0 Å². The maximum Gasteiger partial charge on any atom is 0.0909 e. The van der Waals surface area contributed by atoms with E-state index in [2.05, 4.69) is 6.92 Å². The molecule has 1 saturated heterocycles. The van der Waals surface area contributed by atoms with E-state index in [0.29, 0.717) is 6.10 Å². The van der Waals surface area contributed by atoms with Gasteiger partial charge in [-0.1, -0.05) is 0 Å². The lowest BCUT2D eigenvalue weighted by atomic mass is 10.2.